The Morgan fingerprint density at radius 3 is 2.55 bits per heavy atom. The first kappa shape index (κ1) is 21.2. The summed E-state index contributed by atoms with van der Waals surface area (Å²) in [5.41, 5.74) is 6.64. The lowest BCUT2D eigenvalue weighted by atomic mass is 10.1. The maximum absolute atomic E-state index is 12.7. The van der Waals surface area contributed by atoms with E-state index in [1.54, 1.807) is 0 Å². The largest absolute Gasteiger partial charge is 0.573 e. The Morgan fingerprint density at radius 1 is 1.18 bits per heavy atom. The van der Waals surface area contributed by atoms with E-state index in [4.69, 9.17) is 15.5 Å². The molecule has 2 aromatic heterocycles. The number of aromatic nitrogens is 3. The van der Waals surface area contributed by atoms with Crippen LogP contribution in [0.3, 0.4) is 0 Å². The monoisotopic (exact) mass is 463 g/mol. The summed E-state index contributed by atoms with van der Waals surface area (Å²) in [4.78, 5) is 11.4. The number of anilines is 1. The summed E-state index contributed by atoms with van der Waals surface area (Å²) in [6.07, 6.45) is 2.55. The van der Waals surface area contributed by atoms with Crippen molar-refractivity contribution in [3.05, 3.63) is 24.3 Å². The van der Waals surface area contributed by atoms with Gasteiger partial charge in [0.2, 0.25) is 0 Å². The predicted octanol–water partition coefficient (Wildman–Crippen LogP) is 3.97. The third kappa shape index (κ3) is 3.67. The van der Waals surface area contributed by atoms with Crippen LogP contribution in [0, 0.1) is 11.8 Å². The van der Waals surface area contributed by atoms with E-state index in [0.717, 1.165) is 19.0 Å². The van der Waals surface area contributed by atoms with Crippen LogP contribution < -0.4 is 10.5 Å². The first-order valence-corrected chi connectivity index (χ1v) is 11.7. The summed E-state index contributed by atoms with van der Waals surface area (Å²) in [6.45, 7) is 6.12. The number of alkyl halides is 3. The highest BCUT2D eigenvalue weighted by molar-refractivity contribution is 5.64. The van der Waals surface area contributed by atoms with E-state index in [-0.39, 0.29) is 11.7 Å². The molecule has 6 atom stereocenters. The molecule has 0 aromatic carbocycles. The molecule has 7 nitrogen and oxygen atoms in total. The molecule has 1 unspecified atom stereocenters. The van der Waals surface area contributed by atoms with Crippen LogP contribution in [0.1, 0.15) is 50.9 Å². The molecule has 2 N–H and O–H groups in total. The molecule has 2 aromatic rings. The second-order valence-corrected chi connectivity index (χ2v) is 10.2. The second kappa shape index (κ2) is 7.33. The Balaban J connectivity index is 1.22. The van der Waals surface area contributed by atoms with Gasteiger partial charge in [-0.2, -0.15) is 0 Å². The number of nitrogens with zero attached hydrogens (tertiary/aromatic N) is 4. The summed E-state index contributed by atoms with van der Waals surface area (Å²) in [7, 11) is 0. The maximum atomic E-state index is 12.7. The first-order chi connectivity index (χ1) is 15.7. The van der Waals surface area contributed by atoms with E-state index in [1.807, 2.05) is 6.20 Å². The molecule has 2 aliphatic carbocycles. The van der Waals surface area contributed by atoms with E-state index >= 15 is 0 Å². The number of ether oxygens (including phenoxy) is 2. The topological polar surface area (TPSA) is 78.4 Å². The van der Waals surface area contributed by atoms with E-state index in [9.17, 15) is 13.2 Å². The van der Waals surface area contributed by atoms with Gasteiger partial charge in [0.15, 0.2) is 11.6 Å². The van der Waals surface area contributed by atoms with Crippen molar-refractivity contribution in [3.8, 4) is 17.0 Å². The standard InChI is InChI=1S/C23H28F3N5O2/c1-11(2)22-29-18(12-3-19(21(27)28-7-12)33-23(24,25)26)9-31(22)20-16-5-13(6-17(16)20)30-8-15-4-14(30)10-32-15/h3,7,9,11,13-17,20H,4-6,8,10H2,1-2H3,(H2,27,28)/t13?,14-,15-,16-,17+,20+/m0/s1. The average molecular weight is 464 g/mol. The minimum atomic E-state index is -4.83. The lowest BCUT2D eigenvalue weighted by Crippen LogP contribution is -2.43. The summed E-state index contributed by atoms with van der Waals surface area (Å²) >= 11 is 0. The number of imidazole rings is 1. The zero-order chi connectivity index (χ0) is 23.1. The van der Waals surface area contributed by atoms with Crippen molar-refractivity contribution < 1.29 is 22.6 Å². The minimum Gasteiger partial charge on any atom is -0.402 e. The van der Waals surface area contributed by atoms with Crippen LogP contribution in [0.4, 0.5) is 19.0 Å². The third-order valence-electron chi connectivity index (χ3n) is 7.79. The zero-order valence-electron chi connectivity index (χ0n) is 18.6. The van der Waals surface area contributed by atoms with Crippen LogP contribution in [0.25, 0.3) is 11.3 Å². The summed E-state index contributed by atoms with van der Waals surface area (Å²) < 4.78 is 50.3. The molecule has 0 radical (unpaired) electrons. The number of fused-ring (bicyclic) bond motifs is 3. The normalized spacial score (nSPS) is 33.2. The van der Waals surface area contributed by atoms with Crippen LogP contribution >= 0.6 is 0 Å². The van der Waals surface area contributed by atoms with E-state index in [0.29, 0.717) is 47.3 Å². The van der Waals surface area contributed by atoms with Gasteiger partial charge in [0, 0.05) is 48.5 Å². The fourth-order valence-corrected chi connectivity index (χ4v) is 6.35. The summed E-state index contributed by atoms with van der Waals surface area (Å²) in [6, 6.07) is 2.90. The van der Waals surface area contributed by atoms with Crippen molar-refractivity contribution in [2.24, 2.45) is 11.8 Å². The third-order valence-corrected chi connectivity index (χ3v) is 7.79. The highest BCUT2D eigenvalue weighted by Crippen LogP contribution is 2.62. The van der Waals surface area contributed by atoms with Gasteiger partial charge in [-0.3, -0.25) is 4.90 Å². The van der Waals surface area contributed by atoms with Crippen LogP contribution in [0.15, 0.2) is 18.5 Å². The van der Waals surface area contributed by atoms with Gasteiger partial charge in [-0.05, 0) is 37.2 Å². The van der Waals surface area contributed by atoms with Gasteiger partial charge in [0.05, 0.1) is 18.4 Å². The van der Waals surface area contributed by atoms with Crippen molar-refractivity contribution in [2.75, 3.05) is 18.9 Å². The Hall–Kier alpha value is -2.33. The number of halogens is 3. The Labute approximate surface area is 190 Å². The first-order valence-electron chi connectivity index (χ1n) is 11.7. The predicted molar refractivity (Wildman–Crippen MR) is 115 cm³/mol. The highest BCUT2D eigenvalue weighted by atomic mass is 19.4. The SMILES string of the molecule is CC(C)c1nc(-c2cnc(N)c(OC(F)(F)F)c2)cn1[C@H]1[C@@H]2CC(N3C[C@@H]4C[C@H]3CO4)C[C@@H]21. The quantitative estimate of drug-likeness (QED) is 0.723. The lowest BCUT2D eigenvalue weighted by molar-refractivity contribution is -0.274. The van der Waals surface area contributed by atoms with Crippen molar-refractivity contribution in [1.82, 2.24) is 19.4 Å². The van der Waals surface area contributed by atoms with Gasteiger partial charge < -0.3 is 19.8 Å². The number of nitrogens with two attached hydrogens (primary N) is 1. The lowest BCUT2D eigenvalue weighted by Gasteiger charge is -2.33. The Kier molecular flexibility index (Phi) is 4.72. The Bertz CT molecular complexity index is 1060. The second-order valence-electron chi connectivity index (χ2n) is 10.2. The fraction of sp³-hybridized carbons (Fsp3) is 0.652. The molecular weight excluding hydrogens is 435 g/mol. The number of hydrogen-bond acceptors (Lipinski definition) is 6. The molecule has 2 saturated carbocycles. The molecule has 33 heavy (non-hydrogen) atoms. The van der Waals surface area contributed by atoms with E-state index in [2.05, 4.69) is 33.0 Å². The molecule has 0 amide bonds. The molecule has 4 aliphatic rings. The van der Waals surface area contributed by atoms with Crippen LogP contribution in [-0.2, 0) is 4.74 Å². The van der Waals surface area contributed by atoms with Crippen molar-refractivity contribution >= 4 is 5.82 Å². The molecule has 4 fully saturated rings. The van der Waals surface area contributed by atoms with E-state index < -0.39 is 12.1 Å². The summed E-state index contributed by atoms with van der Waals surface area (Å²) in [5, 5.41) is 0. The average Bonchev–Trinajstić information content (AvgIpc) is 3.32. The van der Waals surface area contributed by atoms with Crippen molar-refractivity contribution in [3.63, 3.8) is 0 Å². The van der Waals surface area contributed by atoms with Crippen LogP contribution in [-0.4, -0.2) is 57.1 Å². The molecule has 2 saturated heterocycles. The number of nitrogen functional groups attached to an aromatic ring is 1. The van der Waals surface area contributed by atoms with Gasteiger partial charge in [0.1, 0.15) is 5.82 Å². The smallest absolute Gasteiger partial charge is 0.402 e. The van der Waals surface area contributed by atoms with E-state index in [1.165, 1.54) is 31.5 Å². The summed E-state index contributed by atoms with van der Waals surface area (Å²) in [5.74, 6) is 1.59. The van der Waals surface area contributed by atoms with Gasteiger partial charge in [-0.15, -0.1) is 13.2 Å². The molecule has 2 bridgehead atoms. The van der Waals surface area contributed by atoms with Gasteiger partial charge >= 0.3 is 6.36 Å². The number of rotatable bonds is 5. The maximum Gasteiger partial charge on any atom is 0.573 e. The minimum absolute atomic E-state index is 0.190. The van der Waals surface area contributed by atoms with Crippen LogP contribution in [0.2, 0.25) is 0 Å². The zero-order valence-corrected chi connectivity index (χ0v) is 18.6. The van der Waals surface area contributed by atoms with Gasteiger partial charge in [-0.25, -0.2) is 9.97 Å². The number of likely N-dealkylation sites (tertiary alicyclic amines) is 1. The van der Waals surface area contributed by atoms with Gasteiger partial charge in [0.25, 0.3) is 0 Å². The van der Waals surface area contributed by atoms with Gasteiger partial charge in [-0.1, -0.05) is 13.8 Å². The molecule has 10 heteroatoms. The van der Waals surface area contributed by atoms with Crippen molar-refractivity contribution in [2.45, 2.75) is 69.6 Å². The molecule has 178 valence electrons. The molecular formula is C23H28F3N5O2. The fourth-order valence-electron chi connectivity index (χ4n) is 6.35. The Morgan fingerprint density at radius 2 is 1.94 bits per heavy atom. The molecule has 0 spiro atoms. The number of morpholine rings is 1. The van der Waals surface area contributed by atoms with Crippen molar-refractivity contribution in [1.29, 1.82) is 0 Å². The molecule has 6 rings (SSSR count). The number of hydrogen-bond donors (Lipinski definition) is 1. The highest BCUT2D eigenvalue weighted by Gasteiger charge is 2.60. The molecule has 2 aliphatic heterocycles. The van der Waals surface area contributed by atoms with Crippen LogP contribution in [0.5, 0.6) is 5.75 Å². The molecule has 4 heterocycles. The number of pyridine rings is 1.